The van der Waals surface area contributed by atoms with Crippen molar-refractivity contribution in [1.82, 2.24) is 24.6 Å². The summed E-state index contributed by atoms with van der Waals surface area (Å²) in [6, 6.07) is 14.3. The van der Waals surface area contributed by atoms with Gasteiger partial charge in [0, 0.05) is 45.9 Å². The molecule has 10 nitrogen and oxygen atoms in total. The van der Waals surface area contributed by atoms with E-state index in [1.165, 1.54) is 30.3 Å². The number of nitrogens with two attached hydrogens (primary N) is 1. The van der Waals surface area contributed by atoms with Gasteiger partial charge in [-0.2, -0.15) is 10.4 Å². The molecule has 12 heteroatoms. The second-order valence-corrected chi connectivity index (χ2v) is 11.3. The molecule has 0 spiro atoms. The molecule has 1 saturated heterocycles. The van der Waals surface area contributed by atoms with Gasteiger partial charge in [-0.15, -0.1) is 0 Å². The number of carbonyl (C=O) groups is 1. The third kappa shape index (κ3) is 6.16. The lowest BCUT2D eigenvalue weighted by Gasteiger charge is -2.22. The van der Waals surface area contributed by atoms with Crippen molar-refractivity contribution in [1.29, 1.82) is 5.26 Å². The Morgan fingerprint density at radius 1 is 1.04 bits per heavy atom. The van der Waals surface area contributed by atoms with Gasteiger partial charge in [-0.25, -0.2) is 13.8 Å². The Hall–Kier alpha value is -5.93. The Kier molecular flexibility index (Phi) is 8.48. The maximum Gasteiger partial charge on any atom is 0.269 e. The van der Waals surface area contributed by atoms with Crippen molar-refractivity contribution < 1.29 is 13.6 Å². The van der Waals surface area contributed by atoms with E-state index in [0.717, 1.165) is 59.8 Å². The fraction of sp³-hybridized carbons (Fsp3) is 0.171. The van der Waals surface area contributed by atoms with E-state index in [2.05, 4.69) is 27.3 Å². The molecule has 47 heavy (non-hydrogen) atoms. The first-order valence-corrected chi connectivity index (χ1v) is 14.9. The lowest BCUT2D eigenvalue weighted by atomic mass is 10.0. The number of hydrogen-bond donors (Lipinski definition) is 3. The second kappa shape index (κ2) is 12.8. The lowest BCUT2D eigenvalue weighted by Crippen LogP contribution is -2.30. The molecule has 0 bridgehead atoms. The van der Waals surface area contributed by atoms with Crippen molar-refractivity contribution in [3.8, 4) is 34.0 Å². The van der Waals surface area contributed by atoms with Crippen LogP contribution < -0.4 is 21.9 Å². The van der Waals surface area contributed by atoms with Gasteiger partial charge in [0.1, 0.15) is 34.8 Å². The minimum Gasteiger partial charge on any atom is -0.383 e. The minimum absolute atomic E-state index is 0.0619. The standard InChI is InChI=1S/C35H30F2N8O2/c1-20(2)28-15-30(35(47)45(32(28)16-38)26-6-3-23(36)4-7-26)34(46)43-24-5-8-27(31(37)14-24)29-13-21(17-41-33(29)39)22-18-42-44(19-22)25-9-11-40-12-10-25/h3-8,13-15,17-19,25,40H,1,9-12H2,2H3,(H2,39,41)(H,43,46). The number of benzene rings is 2. The van der Waals surface area contributed by atoms with Gasteiger partial charge in [0.05, 0.1) is 17.9 Å². The number of anilines is 2. The van der Waals surface area contributed by atoms with Crippen LogP contribution in [0.4, 0.5) is 20.3 Å². The number of piperidine rings is 1. The number of hydrogen-bond acceptors (Lipinski definition) is 7. The number of amides is 1. The lowest BCUT2D eigenvalue weighted by molar-refractivity contribution is 0.102. The summed E-state index contributed by atoms with van der Waals surface area (Å²) in [6.45, 7) is 7.36. The third-order valence-electron chi connectivity index (χ3n) is 8.15. The number of carbonyl (C=O) groups excluding carboxylic acids is 1. The summed E-state index contributed by atoms with van der Waals surface area (Å²) >= 11 is 0. The normalized spacial score (nSPS) is 13.2. The zero-order valence-electron chi connectivity index (χ0n) is 25.4. The smallest absolute Gasteiger partial charge is 0.269 e. The van der Waals surface area contributed by atoms with Gasteiger partial charge in [-0.1, -0.05) is 6.58 Å². The van der Waals surface area contributed by atoms with E-state index in [4.69, 9.17) is 5.73 Å². The van der Waals surface area contributed by atoms with E-state index in [1.807, 2.05) is 16.9 Å². The molecule has 1 amide bonds. The molecule has 4 heterocycles. The molecule has 2 aromatic carbocycles. The van der Waals surface area contributed by atoms with E-state index in [-0.39, 0.29) is 39.6 Å². The highest BCUT2D eigenvalue weighted by Gasteiger charge is 2.22. The predicted molar refractivity (Wildman–Crippen MR) is 176 cm³/mol. The van der Waals surface area contributed by atoms with Crippen molar-refractivity contribution in [2.24, 2.45) is 0 Å². The fourth-order valence-electron chi connectivity index (χ4n) is 5.67. The summed E-state index contributed by atoms with van der Waals surface area (Å²) in [6.07, 6.45) is 7.27. The topological polar surface area (TPSA) is 144 Å². The van der Waals surface area contributed by atoms with Crippen LogP contribution in [-0.2, 0) is 0 Å². The van der Waals surface area contributed by atoms with Gasteiger partial charge < -0.3 is 16.4 Å². The molecule has 4 N–H and O–H groups in total. The Balaban J connectivity index is 1.30. The summed E-state index contributed by atoms with van der Waals surface area (Å²) in [4.78, 5) is 31.3. The van der Waals surface area contributed by atoms with E-state index in [9.17, 15) is 19.2 Å². The molecular formula is C35H30F2N8O2. The molecule has 1 aliphatic rings. The number of nitrogens with zero attached hydrogens (tertiary/aromatic N) is 5. The highest BCUT2D eigenvalue weighted by atomic mass is 19.1. The van der Waals surface area contributed by atoms with Crippen molar-refractivity contribution in [2.45, 2.75) is 25.8 Å². The summed E-state index contributed by atoms with van der Waals surface area (Å²) in [5.41, 5.74) is 8.01. The maximum atomic E-state index is 15.6. The Morgan fingerprint density at radius 3 is 2.47 bits per heavy atom. The second-order valence-electron chi connectivity index (χ2n) is 11.3. The van der Waals surface area contributed by atoms with Gasteiger partial charge in [0.2, 0.25) is 0 Å². The van der Waals surface area contributed by atoms with Crippen LogP contribution in [0.3, 0.4) is 0 Å². The highest BCUT2D eigenvalue weighted by molar-refractivity contribution is 6.04. The number of nitrogen functional groups attached to an aromatic ring is 1. The zero-order chi connectivity index (χ0) is 33.2. The molecule has 0 aliphatic carbocycles. The SMILES string of the molecule is C=C(C)c1cc(C(=O)Nc2ccc(-c3cc(-c4cnn(C5CCNCC5)c4)cnc3N)c(F)c2)c(=O)n(-c2ccc(F)cc2)c1C#N. The summed E-state index contributed by atoms with van der Waals surface area (Å²) in [7, 11) is 0. The van der Waals surface area contributed by atoms with Crippen molar-refractivity contribution >= 4 is 23.0 Å². The summed E-state index contributed by atoms with van der Waals surface area (Å²) < 4.78 is 32.2. The van der Waals surface area contributed by atoms with Gasteiger partial charge in [0.25, 0.3) is 11.5 Å². The third-order valence-corrected chi connectivity index (χ3v) is 8.15. The maximum absolute atomic E-state index is 15.6. The van der Waals surface area contributed by atoms with Gasteiger partial charge >= 0.3 is 0 Å². The average Bonchev–Trinajstić information content (AvgIpc) is 3.56. The fourth-order valence-corrected chi connectivity index (χ4v) is 5.67. The Bertz CT molecular complexity index is 2120. The molecule has 0 radical (unpaired) electrons. The van der Waals surface area contributed by atoms with Crippen LogP contribution in [0.15, 0.2) is 84.6 Å². The van der Waals surface area contributed by atoms with Crippen LogP contribution in [0, 0.1) is 23.0 Å². The number of aromatic nitrogens is 4. The minimum atomic E-state index is -0.834. The number of halogens is 2. The van der Waals surface area contributed by atoms with Gasteiger partial charge in [-0.05, 0) is 93.0 Å². The molecule has 3 aromatic heterocycles. The molecule has 0 saturated carbocycles. The number of pyridine rings is 2. The van der Waals surface area contributed by atoms with E-state index >= 15 is 4.39 Å². The molecular weight excluding hydrogens is 602 g/mol. The number of nitriles is 1. The molecule has 0 atom stereocenters. The van der Waals surface area contributed by atoms with E-state index in [1.54, 1.807) is 25.4 Å². The van der Waals surface area contributed by atoms with Crippen molar-refractivity contribution in [3.05, 3.63) is 119 Å². The van der Waals surface area contributed by atoms with Crippen LogP contribution in [-0.4, -0.2) is 38.3 Å². The van der Waals surface area contributed by atoms with Crippen LogP contribution in [0.1, 0.15) is 47.4 Å². The highest BCUT2D eigenvalue weighted by Crippen LogP contribution is 2.33. The Morgan fingerprint density at radius 2 is 1.79 bits per heavy atom. The Labute approximate surface area is 268 Å². The molecule has 1 fully saturated rings. The monoisotopic (exact) mass is 632 g/mol. The molecule has 236 valence electrons. The molecule has 1 aliphatic heterocycles. The van der Waals surface area contributed by atoms with Crippen LogP contribution in [0.25, 0.3) is 33.5 Å². The van der Waals surface area contributed by atoms with Gasteiger partial charge in [-0.3, -0.25) is 18.8 Å². The first-order valence-electron chi connectivity index (χ1n) is 14.9. The molecule has 0 unspecified atom stereocenters. The number of rotatable bonds is 7. The van der Waals surface area contributed by atoms with Crippen LogP contribution in [0.2, 0.25) is 0 Å². The zero-order valence-corrected chi connectivity index (χ0v) is 25.4. The largest absolute Gasteiger partial charge is 0.383 e. The average molecular weight is 633 g/mol. The van der Waals surface area contributed by atoms with Crippen LogP contribution in [0.5, 0.6) is 0 Å². The first kappa shape index (κ1) is 31.1. The quantitative estimate of drug-likeness (QED) is 0.209. The first-order chi connectivity index (χ1) is 22.6. The van der Waals surface area contributed by atoms with E-state index < -0.39 is 23.1 Å². The summed E-state index contributed by atoms with van der Waals surface area (Å²) in [5, 5.41) is 20.3. The van der Waals surface area contributed by atoms with Gasteiger partial charge in [0.15, 0.2) is 0 Å². The van der Waals surface area contributed by atoms with Crippen molar-refractivity contribution in [2.75, 3.05) is 24.1 Å². The predicted octanol–water partition coefficient (Wildman–Crippen LogP) is 5.70. The number of nitrogens with one attached hydrogen (secondary N) is 2. The number of allylic oxidation sites excluding steroid dienone is 1. The molecule has 6 rings (SSSR count). The van der Waals surface area contributed by atoms with Crippen LogP contribution >= 0.6 is 0 Å². The summed E-state index contributed by atoms with van der Waals surface area (Å²) in [5.74, 6) is -1.92. The van der Waals surface area contributed by atoms with E-state index in [0.29, 0.717) is 17.2 Å². The molecule has 5 aromatic rings. The van der Waals surface area contributed by atoms with Crippen molar-refractivity contribution in [3.63, 3.8) is 0 Å².